The van der Waals surface area contributed by atoms with Crippen LogP contribution < -0.4 is 15.4 Å². The average molecular weight is 397 g/mol. The molecule has 0 saturated heterocycles. The van der Waals surface area contributed by atoms with Gasteiger partial charge in [-0.1, -0.05) is 41.9 Å². The molecule has 1 heterocycles. The molecule has 0 aliphatic carbocycles. The number of carbonyl (C=O) groups excluding carboxylic acids is 1. The molecule has 6 nitrogen and oxygen atoms in total. The van der Waals surface area contributed by atoms with Crippen LogP contribution in [0.3, 0.4) is 0 Å². The lowest BCUT2D eigenvalue weighted by atomic mass is 10.1. The van der Waals surface area contributed by atoms with E-state index in [2.05, 4.69) is 20.6 Å². The maximum Gasteiger partial charge on any atom is 0.274 e. The largest absolute Gasteiger partial charge is 0.495 e. The summed E-state index contributed by atoms with van der Waals surface area (Å²) in [6.07, 6.45) is 0. The van der Waals surface area contributed by atoms with E-state index in [1.54, 1.807) is 24.3 Å². The number of aryl methyl sites for hydroxylation is 1. The molecular weight excluding hydrogens is 376 g/mol. The van der Waals surface area contributed by atoms with E-state index >= 15 is 0 Å². The van der Waals surface area contributed by atoms with Gasteiger partial charge in [0.05, 0.1) is 18.2 Å². The highest BCUT2D eigenvalue weighted by atomic mass is 35.5. The first-order valence-electron chi connectivity index (χ1n) is 8.78. The molecule has 0 aliphatic rings. The standard InChI is InChI=1S/C21H21ClN4O2/c1-13-11-18(20(27)25-16-9-10-19(28-3)17(22)12-16)26-21(23-13)24-14(2)15-7-5-4-6-8-15/h4-12,14H,1-3H3,(H,25,27)(H,23,24,26). The number of anilines is 2. The van der Waals surface area contributed by atoms with Crippen LogP contribution in [0, 0.1) is 6.92 Å². The Morgan fingerprint density at radius 3 is 2.54 bits per heavy atom. The van der Waals surface area contributed by atoms with Crippen molar-refractivity contribution in [1.29, 1.82) is 0 Å². The van der Waals surface area contributed by atoms with Crippen molar-refractivity contribution in [3.63, 3.8) is 0 Å². The number of nitrogens with zero attached hydrogens (tertiary/aromatic N) is 2. The molecule has 2 N–H and O–H groups in total. The van der Waals surface area contributed by atoms with E-state index in [0.717, 1.165) is 5.56 Å². The Bertz CT molecular complexity index is 979. The summed E-state index contributed by atoms with van der Waals surface area (Å²) >= 11 is 6.11. The Labute approximate surface area is 168 Å². The van der Waals surface area contributed by atoms with Gasteiger partial charge >= 0.3 is 0 Å². The topological polar surface area (TPSA) is 76.1 Å². The first kappa shape index (κ1) is 19.6. The molecule has 0 aliphatic heterocycles. The second-order valence-corrected chi connectivity index (χ2v) is 6.71. The zero-order chi connectivity index (χ0) is 20.1. The number of carbonyl (C=O) groups is 1. The van der Waals surface area contributed by atoms with Gasteiger partial charge in [0.15, 0.2) is 0 Å². The van der Waals surface area contributed by atoms with E-state index in [1.165, 1.54) is 7.11 Å². The number of nitrogens with one attached hydrogen (secondary N) is 2. The quantitative estimate of drug-likeness (QED) is 0.621. The minimum absolute atomic E-state index is 0.000643. The number of halogens is 1. The Morgan fingerprint density at radius 2 is 1.86 bits per heavy atom. The second-order valence-electron chi connectivity index (χ2n) is 6.30. The lowest BCUT2D eigenvalue weighted by molar-refractivity contribution is 0.102. The maximum atomic E-state index is 12.6. The summed E-state index contributed by atoms with van der Waals surface area (Å²) in [5.41, 5.74) is 2.61. The number of benzene rings is 2. The molecule has 1 atom stereocenters. The molecule has 0 fully saturated rings. The molecule has 144 valence electrons. The van der Waals surface area contributed by atoms with Crippen molar-refractivity contribution >= 4 is 29.1 Å². The van der Waals surface area contributed by atoms with Crippen molar-refractivity contribution in [3.8, 4) is 5.75 Å². The lowest BCUT2D eigenvalue weighted by Crippen LogP contribution is -2.17. The number of aromatic nitrogens is 2. The molecule has 0 bridgehead atoms. The molecular formula is C21H21ClN4O2. The molecule has 1 unspecified atom stereocenters. The van der Waals surface area contributed by atoms with Crippen molar-refractivity contribution < 1.29 is 9.53 Å². The molecule has 1 aromatic heterocycles. The summed E-state index contributed by atoms with van der Waals surface area (Å²) in [6.45, 7) is 3.83. The van der Waals surface area contributed by atoms with Crippen LogP contribution in [0.25, 0.3) is 0 Å². The van der Waals surface area contributed by atoms with E-state index in [9.17, 15) is 4.79 Å². The minimum Gasteiger partial charge on any atom is -0.495 e. The van der Waals surface area contributed by atoms with Gasteiger partial charge in [-0.25, -0.2) is 9.97 Å². The first-order chi connectivity index (χ1) is 13.5. The SMILES string of the molecule is COc1ccc(NC(=O)c2cc(C)nc(NC(C)c3ccccc3)n2)cc1Cl. The van der Waals surface area contributed by atoms with Crippen LogP contribution in [0.4, 0.5) is 11.6 Å². The monoisotopic (exact) mass is 396 g/mol. The van der Waals surface area contributed by atoms with Gasteiger partial charge < -0.3 is 15.4 Å². The highest BCUT2D eigenvalue weighted by Crippen LogP contribution is 2.27. The fourth-order valence-electron chi connectivity index (χ4n) is 2.71. The van der Waals surface area contributed by atoms with Crippen LogP contribution in [0.1, 0.15) is 34.7 Å². The van der Waals surface area contributed by atoms with E-state index in [4.69, 9.17) is 16.3 Å². The normalized spacial score (nSPS) is 11.6. The van der Waals surface area contributed by atoms with Gasteiger partial charge in [-0.2, -0.15) is 0 Å². The minimum atomic E-state index is -0.345. The van der Waals surface area contributed by atoms with E-state index in [-0.39, 0.29) is 17.6 Å². The van der Waals surface area contributed by atoms with Gasteiger partial charge in [-0.3, -0.25) is 4.79 Å². The van der Waals surface area contributed by atoms with Crippen LogP contribution in [-0.2, 0) is 0 Å². The number of hydrogen-bond donors (Lipinski definition) is 2. The van der Waals surface area contributed by atoms with Crippen molar-refractivity contribution in [1.82, 2.24) is 9.97 Å². The summed E-state index contributed by atoms with van der Waals surface area (Å²) in [6, 6.07) is 16.6. The van der Waals surface area contributed by atoms with Gasteiger partial charge in [0.25, 0.3) is 5.91 Å². The third-order valence-electron chi connectivity index (χ3n) is 4.14. The maximum absolute atomic E-state index is 12.6. The smallest absolute Gasteiger partial charge is 0.274 e. The van der Waals surface area contributed by atoms with Crippen molar-refractivity contribution in [3.05, 3.63) is 76.6 Å². The molecule has 0 saturated carbocycles. The zero-order valence-corrected chi connectivity index (χ0v) is 16.6. The third kappa shape index (κ3) is 4.78. The predicted octanol–water partition coefficient (Wildman–Crippen LogP) is 4.87. The Balaban J connectivity index is 1.77. The van der Waals surface area contributed by atoms with Gasteiger partial charge in [-0.15, -0.1) is 0 Å². The van der Waals surface area contributed by atoms with Gasteiger partial charge in [0.2, 0.25) is 5.95 Å². The molecule has 3 rings (SSSR count). The summed E-state index contributed by atoms with van der Waals surface area (Å²) < 4.78 is 5.12. The number of hydrogen-bond acceptors (Lipinski definition) is 5. The van der Waals surface area contributed by atoms with Crippen LogP contribution in [0.15, 0.2) is 54.6 Å². The summed E-state index contributed by atoms with van der Waals surface area (Å²) in [4.78, 5) is 21.4. The molecule has 2 aromatic carbocycles. The molecule has 3 aromatic rings. The van der Waals surface area contributed by atoms with E-state index < -0.39 is 0 Å². The van der Waals surface area contributed by atoms with Crippen molar-refractivity contribution in [2.24, 2.45) is 0 Å². The summed E-state index contributed by atoms with van der Waals surface area (Å²) in [7, 11) is 1.54. The lowest BCUT2D eigenvalue weighted by Gasteiger charge is -2.15. The Kier molecular flexibility index (Phi) is 6.11. The Hall–Kier alpha value is -3.12. The molecule has 28 heavy (non-hydrogen) atoms. The van der Waals surface area contributed by atoms with E-state index in [1.807, 2.05) is 44.2 Å². The predicted molar refractivity (Wildman–Crippen MR) is 111 cm³/mol. The second kappa shape index (κ2) is 8.71. The number of amides is 1. The number of ether oxygens (including phenoxy) is 1. The van der Waals surface area contributed by atoms with Gasteiger partial charge in [0, 0.05) is 11.4 Å². The van der Waals surface area contributed by atoms with Crippen molar-refractivity contribution in [2.45, 2.75) is 19.9 Å². The third-order valence-corrected chi connectivity index (χ3v) is 4.44. The molecule has 0 radical (unpaired) electrons. The van der Waals surface area contributed by atoms with Crippen LogP contribution >= 0.6 is 11.6 Å². The fraction of sp³-hybridized carbons (Fsp3) is 0.190. The van der Waals surface area contributed by atoms with Gasteiger partial charge in [-0.05, 0) is 43.7 Å². The highest BCUT2D eigenvalue weighted by molar-refractivity contribution is 6.32. The highest BCUT2D eigenvalue weighted by Gasteiger charge is 2.14. The molecule has 1 amide bonds. The van der Waals surface area contributed by atoms with Gasteiger partial charge in [0.1, 0.15) is 11.4 Å². The first-order valence-corrected chi connectivity index (χ1v) is 9.16. The summed E-state index contributed by atoms with van der Waals surface area (Å²) in [5, 5.41) is 6.45. The number of rotatable bonds is 6. The summed E-state index contributed by atoms with van der Waals surface area (Å²) in [5.74, 6) is 0.593. The Morgan fingerprint density at radius 1 is 1.11 bits per heavy atom. The fourth-order valence-corrected chi connectivity index (χ4v) is 2.97. The molecule has 0 spiro atoms. The molecule has 7 heteroatoms. The van der Waals surface area contributed by atoms with Crippen molar-refractivity contribution in [2.75, 3.05) is 17.7 Å². The van der Waals surface area contributed by atoms with Crippen LogP contribution in [-0.4, -0.2) is 23.0 Å². The zero-order valence-electron chi connectivity index (χ0n) is 15.9. The van der Waals surface area contributed by atoms with E-state index in [0.29, 0.717) is 28.1 Å². The van der Waals surface area contributed by atoms with Crippen LogP contribution in [0.2, 0.25) is 5.02 Å². The van der Waals surface area contributed by atoms with Crippen LogP contribution in [0.5, 0.6) is 5.75 Å². The average Bonchev–Trinajstić information content (AvgIpc) is 2.68. The number of methoxy groups -OCH3 is 1.